The van der Waals surface area contributed by atoms with Crippen LogP contribution < -0.4 is 5.32 Å². The van der Waals surface area contributed by atoms with Gasteiger partial charge in [0.15, 0.2) is 0 Å². The highest BCUT2D eigenvalue weighted by molar-refractivity contribution is 5.76. The van der Waals surface area contributed by atoms with E-state index in [-0.39, 0.29) is 11.9 Å². The molecular weight excluding hydrogens is 298 g/mol. The predicted octanol–water partition coefficient (Wildman–Crippen LogP) is 3.88. The molecule has 2 fully saturated rings. The summed E-state index contributed by atoms with van der Waals surface area (Å²) in [6.45, 7) is 2.06. The van der Waals surface area contributed by atoms with Crippen molar-refractivity contribution in [2.75, 3.05) is 0 Å². The number of rotatable bonds is 5. The first-order chi connectivity index (χ1) is 11.7. The van der Waals surface area contributed by atoms with Crippen LogP contribution in [0.3, 0.4) is 0 Å². The molecule has 4 nitrogen and oxygen atoms in total. The maximum absolute atomic E-state index is 12.4. The molecule has 2 aliphatic carbocycles. The Kier molecular flexibility index (Phi) is 4.13. The number of benzene rings is 1. The van der Waals surface area contributed by atoms with Crippen LogP contribution in [0.15, 0.2) is 43.0 Å². The summed E-state index contributed by atoms with van der Waals surface area (Å²) in [5, 5.41) is 3.18. The van der Waals surface area contributed by atoms with Crippen molar-refractivity contribution >= 4 is 5.91 Å². The minimum Gasteiger partial charge on any atom is -0.350 e. The van der Waals surface area contributed by atoms with Crippen molar-refractivity contribution in [2.24, 2.45) is 17.8 Å². The second-order valence-electron chi connectivity index (χ2n) is 7.49. The van der Waals surface area contributed by atoms with Crippen LogP contribution in [0.1, 0.15) is 50.6 Å². The Labute approximate surface area is 143 Å². The molecule has 24 heavy (non-hydrogen) atoms. The quantitative estimate of drug-likeness (QED) is 0.908. The van der Waals surface area contributed by atoms with Gasteiger partial charge in [0.25, 0.3) is 0 Å². The predicted molar refractivity (Wildman–Crippen MR) is 93.7 cm³/mol. The molecule has 1 amide bonds. The SMILES string of the molecule is C[C@H](NC(=O)C[C@@H]1C[C@H]2CC[C@H]1C2)c1ccc(-n2ccnc2)cc1. The van der Waals surface area contributed by atoms with Crippen molar-refractivity contribution in [3.05, 3.63) is 48.5 Å². The van der Waals surface area contributed by atoms with E-state index in [0.29, 0.717) is 12.3 Å². The molecule has 4 rings (SSSR count). The zero-order chi connectivity index (χ0) is 16.5. The van der Waals surface area contributed by atoms with Crippen molar-refractivity contribution < 1.29 is 4.79 Å². The molecule has 4 heteroatoms. The minimum absolute atomic E-state index is 0.0490. The molecule has 2 bridgehead atoms. The van der Waals surface area contributed by atoms with Crippen molar-refractivity contribution in [1.82, 2.24) is 14.9 Å². The molecule has 1 heterocycles. The number of carbonyl (C=O) groups excluding carboxylic acids is 1. The van der Waals surface area contributed by atoms with E-state index in [0.717, 1.165) is 23.1 Å². The Morgan fingerprint density at radius 1 is 1.29 bits per heavy atom. The van der Waals surface area contributed by atoms with Crippen LogP contribution in [-0.4, -0.2) is 15.5 Å². The van der Waals surface area contributed by atoms with Gasteiger partial charge < -0.3 is 9.88 Å². The largest absolute Gasteiger partial charge is 0.350 e. The van der Waals surface area contributed by atoms with E-state index in [1.54, 1.807) is 12.5 Å². The van der Waals surface area contributed by atoms with Crippen LogP contribution in [0.4, 0.5) is 0 Å². The molecular formula is C20H25N3O. The van der Waals surface area contributed by atoms with Crippen LogP contribution in [0.25, 0.3) is 5.69 Å². The van der Waals surface area contributed by atoms with Gasteiger partial charge >= 0.3 is 0 Å². The van der Waals surface area contributed by atoms with Crippen molar-refractivity contribution in [1.29, 1.82) is 0 Å². The average molecular weight is 323 g/mol. The van der Waals surface area contributed by atoms with Gasteiger partial charge in [0.1, 0.15) is 0 Å². The van der Waals surface area contributed by atoms with Crippen molar-refractivity contribution in [3.63, 3.8) is 0 Å². The van der Waals surface area contributed by atoms with E-state index in [1.165, 1.54) is 25.7 Å². The number of hydrogen-bond donors (Lipinski definition) is 1. The van der Waals surface area contributed by atoms with Crippen molar-refractivity contribution in [3.8, 4) is 5.69 Å². The van der Waals surface area contributed by atoms with E-state index in [9.17, 15) is 4.79 Å². The van der Waals surface area contributed by atoms with Crippen LogP contribution in [0, 0.1) is 17.8 Å². The molecule has 0 aliphatic heterocycles. The number of imidazole rings is 1. The number of fused-ring (bicyclic) bond motifs is 2. The van der Waals surface area contributed by atoms with Gasteiger partial charge in [0.2, 0.25) is 5.91 Å². The van der Waals surface area contributed by atoms with Gasteiger partial charge in [-0.3, -0.25) is 4.79 Å². The molecule has 1 aromatic heterocycles. The summed E-state index contributed by atoms with van der Waals surface area (Å²) in [6.07, 6.45) is 11.6. The molecule has 1 N–H and O–H groups in total. The van der Waals surface area contributed by atoms with Gasteiger partial charge in [0, 0.05) is 24.5 Å². The number of amides is 1. The molecule has 2 saturated carbocycles. The average Bonchev–Trinajstić information content (AvgIpc) is 3.32. The van der Waals surface area contributed by atoms with Gasteiger partial charge in [-0.25, -0.2) is 4.98 Å². The van der Waals surface area contributed by atoms with E-state index in [1.807, 2.05) is 10.8 Å². The van der Waals surface area contributed by atoms with Gasteiger partial charge in [-0.2, -0.15) is 0 Å². The summed E-state index contributed by atoms with van der Waals surface area (Å²) in [7, 11) is 0. The van der Waals surface area contributed by atoms with Crippen LogP contribution in [-0.2, 0) is 4.79 Å². The highest BCUT2D eigenvalue weighted by Crippen LogP contribution is 2.49. The van der Waals surface area contributed by atoms with Crippen LogP contribution in [0.5, 0.6) is 0 Å². The van der Waals surface area contributed by atoms with Crippen molar-refractivity contribution in [2.45, 2.75) is 45.1 Å². The van der Waals surface area contributed by atoms with Crippen LogP contribution in [0.2, 0.25) is 0 Å². The van der Waals surface area contributed by atoms with E-state index >= 15 is 0 Å². The zero-order valence-corrected chi connectivity index (χ0v) is 14.2. The van der Waals surface area contributed by atoms with Gasteiger partial charge in [0.05, 0.1) is 12.4 Å². The van der Waals surface area contributed by atoms with Gasteiger partial charge in [-0.1, -0.05) is 18.6 Å². The Morgan fingerprint density at radius 3 is 2.75 bits per heavy atom. The molecule has 0 saturated heterocycles. The normalized spacial score (nSPS) is 26.5. The smallest absolute Gasteiger partial charge is 0.220 e. The molecule has 1 aromatic carbocycles. The van der Waals surface area contributed by atoms with E-state index in [4.69, 9.17) is 0 Å². The summed E-state index contributed by atoms with van der Waals surface area (Å²) in [6, 6.07) is 8.34. The Bertz CT molecular complexity index is 692. The molecule has 0 radical (unpaired) electrons. The highest BCUT2D eigenvalue weighted by atomic mass is 16.1. The summed E-state index contributed by atoms with van der Waals surface area (Å²) in [5.41, 5.74) is 2.22. The minimum atomic E-state index is 0.0490. The molecule has 2 aliphatic rings. The standard InChI is InChI=1S/C20H25N3O/c1-14(16-4-6-19(7-5-16)23-9-8-21-13-23)22-20(24)12-18-11-15-2-3-17(18)10-15/h4-9,13-15,17-18H,2-3,10-12H2,1H3,(H,22,24)/t14-,15-,17-,18-/m0/s1. The Morgan fingerprint density at radius 2 is 2.12 bits per heavy atom. The Hall–Kier alpha value is -2.10. The lowest BCUT2D eigenvalue weighted by atomic mass is 9.86. The summed E-state index contributed by atoms with van der Waals surface area (Å²) < 4.78 is 1.97. The first kappa shape index (κ1) is 15.4. The van der Waals surface area contributed by atoms with Gasteiger partial charge in [-0.15, -0.1) is 0 Å². The fourth-order valence-corrected chi connectivity index (χ4v) is 4.60. The third-order valence-electron chi connectivity index (χ3n) is 5.91. The first-order valence-electron chi connectivity index (χ1n) is 9.06. The number of nitrogens with zero attached hydrogens (tertiary/aromatic N) is 2. The maximum Gasteiger partial charge on any atom is 0.220 e. The molecule has 126 valence electrons. The lowest BCUT2D eigenvalue weighted by molar-refractivity contribution is -0.123. The van der Waals surface area contributed by atoms with E-state index < -0.39 is 0 Å². The third-order valence-corrected chi connectivity index (χ3v) is 5.91. The molecule has 2 aromatic rings. The second kappa shape index (κ2) is 6.42. The lowest BCUT2D eigenvalue weighted by Crippen LogP contribution is -2.29. The Balaban J connectivity index is 1.33. The summed E-state index contributed by atoms with van der Waals surface area (Å²) in [5.74, 6) is 2.55. The fourth-order valence-electron chi connectivity index (χ4n) is 4.60. The van der Waals surface area contributed by atoms with Gasteiger partial charge in [-0.05, 0) is 61.6 Å². The topological polar surface area (TPSA) is 46.9 Å². The highest BCUT2D eigenvalue weighted by Gasteiger charge is 2.40. The monoisotopic (exact) mass is 323 g/mol. The lowest BCUT2D eigenvalue weighted by Gasteiger charge is -2.22. The summed E-state index contributed by atoms with van der Waals surface area (Å²) in [4.78, 5) is 16.5. The fraction of sp³-hybridized carbons (Fsp3) is 0.500. The van der Waals surface area contributed by atoms with Crippen LogP contribution >= 0.6 is 0 Å². The maximum atomic E-state index is 12.4. The third kappa shape index (κ3) is 3.10. The number of hydrogen-bond acceptors (Lipinski definition) is 2. The first-order valence-corrected chi connectivity index (χ1v) is 9.06. The molecule has 4 atom stereocenters. The second-order valence-corrected chi connectivity index (χ2v) is 7.49. The number of carbonyl (C=O) groups is 1. The number of nitrogens with one attached hydrogen (secondary N) is 1. The molecule has 0 spiro atoms. The number of aromatic nitrogens is 2. The molecule has 0 unspecified atom stereocenters. The van der Waals surface area contributed by atoms with E-state index in [2.05, 4.69) is 41.5 Å². The zero-order valence-electron chi connectivity index (χ0n) is 14.2. The summed E-state index contributed by atoms with van der Waals surface area (Å²) >= 11 is 0.